The first-order chi connectivity index (χ1) is 6.33. The molecule has 0 aliphatic heterocycles. The maximum Gasteiger partial charge on any atom is 0.243 e. The Labute approximate surface area is 79.7 Å². The molecule has 1 aliphatic carbocycles. The zero-order valence-electron chi connectivity index (χ0n) is 8.18. The lowest BCUT2D eigenvalue weighted by Crippen LogP contribution is -2.22. The minimum absolute atomic E-state index is 0.0149. The molecule has 0 aromatic rings. The summed E-state index contributed by atoms with van der Waals surface area (Å²) in [7, 11) is 0. The van der Waals surface area contributed by atoms with Crippen molar-refractivity contribution < 1.29 is 4.79 Å². The van der Waals surface area contributed by atoms with E-state index in [0.29, 0.717) is 0 Å². The van der Waals surface area contributed by atoms with Crippen LogP contribution in [0.25, 0.3) is 0 Å². The third-order valence-corrected chi connectivity index (χ3v) is 2.20. The van der Waals surface area contributed by atoms with Crippen LogP contribution in [0, 0.1) is 0 Å². The summed E-state index contributed by atoms with van der Waals surface area (Å²) in [5, 5.41) is 2.84. The molecule has 0 aromatic carbocycles. The van der Waals surface area contributed by atoms with Crippen LogP contribution < -0.4 is 5.32 Å². The molecule has 0 saturated heterocycles. The van der Waals surface area contributed by atoms with E-state index in [1.807, 2.05) is 6.92 Å². The molecule has 0 saturated carbocycles. The molecular formula is C11H17NO. The van der Waals surface area contributed by atoms with Gasteiger partial charge in [-0.15, -0.1) is 0 Å². The number of allylic oxidation sites excluding steroid dienone is 2. The van der Waals surface area contributed by atoms with E-state index in [9.17, 15) is 4.79 Å². The Balaban J connectivity index is 2.09. The predicted molar refractivity (Wildman–Crippen MR) is 54.4 cm³/mol. The van der Waals surface area contributed by atoms with E-state index in [1.54, 1.807) is 12.2 Å². The zero-order chi connectivity index (χ0) is 9.52. The van der Waals surface area contributed by atoms with Gasteiger partial charge in [0.2, 0.25) is 5.91 Å². The second kappa shape index (κ2) is 5.57. The molecule has 0 bridgehead atoms. The Hall–Kier alpha value is -1.05. The minimum Gasteiger partial charge on any atom is -0.352 e. The molecule has 72 valence electrons. The van der Waals surface area contributed by atoms with Crippen molar-refractivity contribution in [3.63, 3.8) is 0 Å². The Morgan fingerprint density at radius 1 is 1.69 bits per heavy atom. The molecule has 1 amide bonds. The number of hydrogen-bond donors (Lipinski definition) is 1. The van der Waals surface area contributed by atoms with E-state index >= 15 is 0 Å². The highest BCUT2D eigenvalue weighted by Gasteiger charge is 2.03. The topological polar surface area (TPSA) is 29.1 Å². The van der Waals surface area contributed by atoms with Crippen molar-refractivity contribution in [3.05, 3.63) is 23.8 Å². The highest BCUT2D eigenvalue weighted by Crippen LogP contribution is 2.19. The van der Waals surface area contributed by atoms with E-state index in [2.05, 4.69) is 11.4 Å². The van der Waals surface area contributed by atoms with E-state index < -0.39 is 0 Å². The molecule has 0 aromatic heterocycles. The van der Waals surface area contributed by atoms with Gasteiger partial charge >= 0.3 is 0 Å². The van der Waals surface area contributed by atoms with Crippen LogP contribution in [0.3, 0.4) is 0 Å². The molecule has 0 fully saturated rings. The lowest BCUT2D eigenvalue weighted by molar-refractivity contribution is -0.116. The summed E-state index contributed by atoms with van der Waals surface area (Å²) in [6.07, 6.45) is 10.4. The first-order valence-corrected chi connectivity index (χ1v) is 4.91. The Morgan fingerprint density at radius 2 is 2.54 bits per heavy atom. The maximum atomic E-state index is 11.0. The van der Waals surface area contributed by atoms with Gasteiger partial charge in [0, 0.05) is 6.54 Å². The van der Waals surface area contributed by atoms with Gasteiger partial charge in [0.05, 0.1) is 0 Å². The van der Waals surface area contributed by atoms with Gasteiger partial charge in [0.25, 0.3) is 0 Å². The summed E-state index contributed by atoms with van der Waals surface area (Å²) >= 11 is 0. The van der Waals surface area contributed by atoms with Crippen LogP contribution in [0.4, 0.5) is 0 Å². The SMILES string of the molecule is C/C=C/C(=O)NCCC1=CCCC1. The van der Waals surface area contributed by atoms with Crippen molar-refractivity contribution in [1.82, 2.24) is 5.32 Å². The fourth-order valence-corrected chi connectivity index (χ4v) is 1.52. The quantitative estimate of drug-likeness (QED) is 0.520. The fourth-order valence-electron chi connectivity index (χ4n) is 1.52. The highest BCUT2D eigenvalue weighted by atomic mass is 16.1. The van der Waals surface area contributed by atoms with Gasteiger partial charge in [0.15, 0.2) is 0 Å². The van der Waals surface area contributed by atoms with Gasteiger partial charge in [-0.3, -0.25) is 4.79 Å². The Bertz CT molecular complexity index is 228. The molecule has 0 atom stereocenters. The Kier molecular flexibility index (Phi) is 4.30. The van der Waals surface area contributed by atoms with E-state index in [0.717, 1.165) is 13.0 Å². The fraction of sp³-hybridized carbons (Fsp3) is 0.545. The summed E-state index contributed by atoms with van der Waals surface area (Å²) in [6, 6.07) is 0. The average Bonchev–Trinajstić information content (AvgIpc) is 2.57. The monoisotopic (exact) mass is 179 g/mol. The molecule has 1 N–H and O–H groups in total. The number of rotatable bonds is 4. The summed E-state index contributed by atoms with van der Waals surface area (Å²) in [5.41, 5.74) is 1.50. The first kappa shape index (κ1) is 10.0. The van der Waals surface area contributed by atoms with E-state index in [4.69, 9.17) is 0 Å². The number of amides is 1. The van der Waals surface area contributed by atoms with Crippen LogP contribution in [0.2, 0.25) is 0 Å². The second-order valence-electron chi connectivity index (χ2n) is 3.30. The maximum absolute atomic E-state index is 11.0. The summed E-state index contributed by atoms with van der Waals surface area (Å²) < 4.78 is 0. The lowest BCUT2D eigenvalue weighted by atomic mass is 10.2. The molecule has 2 nitrogen and oxygen atoms in total. The standard InChI is InChI=1S/C11H17NO/c1-2-5-11(13)12-9-8-10-6-3-4-7-10/h2,5-6H,3-4,7-9H2,1H3,(H,12,13)/b5-2+. The highest BCUT2D eigenvalue weighted by molar-refractivity contribution is 5.87. The van der Waals surface area contributed by atoms with Gasteiger partial charge in [-0.2, -0.15) is 0 Å². The van der Waals surface area contributed by atoms with Gasteiger partial charge in [-0.25, -0.2) is 0 Å². The normalized spacial score (nSPS) is 16.2. The van der Waals surface area contributed by atoms with Crippen LogP contribution in [0.5, 0.6) is 0 Å². The van der Waals surface area contributed by atoms with Crippen LogP contribution in [0.15, 0.2) is 23.8 Å². The second-order valence-corrected chi connectivity index (χ2v) is 3.30. The third-order valence-electron chi connectivity index (χ3n) is 2.20. The molecule has 1 aliphatic rings. The van der Waals surface area contributed by atoms with Crippen molar-refractivity contribution in [2.24, 2.45) is 0 Å². The van der Waals surface area contributed by atoms with Crippen LogP contribution in [0.1, 0.15) is 32.6 Å². The summed E-state index contributed by atoms with van der Waals surface area (Å²) in [6.45, 7) is 2.62. The van der Waals surface area contributed by atoms with Crippen LogP contribution in [-0.4, -0.2) is 12.5 Å². The molecule has 0 radical (unpaired) electrons. The van der Waals surface area contributed by atoms with Crippen LogP contribution in [-0.2, 0) is 4.79 Å². The molecule has 0 heterocycles. The van der Waals surface area contributed by atoms with Crippen molar-refractivity contribution in [2.45, 2.75) is 32.6 Å². The van der Waals surface area contributed by atoms with E-state index in [-0.39, 0.29) is 5.91 Å². The van der Waals surface area contributed by atoms with Crippen molar-refractivity contribution in [3.8, 4) is 0 Å². The Morgan fingerprint density at radius 3 is 3.15 bits per heavy atom. The van der Waals surface area contributed by atoms with Crippen molar-refractivity contribution in [2.75, 3.05) is 6.54 Å². The molecule has 2 heteroatoms. The number of carbonyl (C=O) groups is 1. The zero-order valence-corrected chi connectivity index (χ0v) is 8.18. The van der Waals surface area contributed by atoms with Crippen molar-refractivity contribution in [1.29, 1.82) is 0 Å². The summed E-state index contributed by atoms with van der Waals surface area (Å²) in [4.78, 5) is 11.0. The molecule has 1 rings (SSSR count). The van der Waals surface area contributed by atoms with Gasteiger partial charge < -0.3 is 5.32 Å². The number of nitrogens with one attached hydrogen (secondary N) is 1. The van der Waals surface area contributed by atoms with E-state index in [1.165, 1.54) is 24.8 Å². The largest absolute Gasteiger partial charge is 0.352 e. The van der Waals surface area contributed by atoms with Crippen LogP contribution >= 0.6 is 0 Å². The number of hydrogen-bond acceptors (Lipinski definition) is 1. The first-order valence-electron chi connectivity index (χ1n) is 4.91. The minimum atomic E-state index is 0.0149. The predicted octanol–water partition coefficient (Wildman–Crippen LogP) is 2.18. The smallest absolute Gasteiger partial charge is 0.243 e. The van der Waals surface area contributed by atoms with Gasteiger partial charge in [-0.05, 0) is 38.7 Å². The van der Waals surface area contributed by atoms with Crippen molar-refractivity contribution >= 4 is 5.91 Å². The molecular weight excluding hydrogens is 162 g/mol. The molecule has 0 unspecified atom stereocenters. The van der Waals surface area contributed by atoms with Gasteiger partial charge in [-0.1, -0.05) is 17.7 Å². The molecule has 0 spiro atoms. The third kappa shape index (κ3) is 3.92. The lowest BCUT2D eigenvalue weighted by Gasteiger charge is -2.02. The number of carbonyl (C=O) groups excluding carboxylic acids is 1. The molecule has 13 heavy (non-hydrogen) atoms. The van der Waals surface area contributed by atoms with Gasteiger partial charge in [0.1, 0.15) is 0 Å². The summed E-state index contributed by atoms with van der Waals surface area (Å²) in [5.74, 6) is 0.0149. The average molecular weight is 179 g/mol.